The normalized spacial score (nSPS) is 12.5. The van der Waals surface area contributed by atoms with Crippen molar-refractivity contribution in [3.8, 4) is 5.75 Å². The Kier molecular flexibility index (Phi) is 7.05. The number of ether oxygens (including phenoxy) is 1. The van der Waals surface area contributed by atoms with Gasteiger partial charge < -0.3 is 10.1 Å². The van der Waals surface area contributed by atoms with Crippen molar-refractivity contribution in [1.29, 1.82) is 0 Å². The third kappa shape index (κ3) is 4.15. The molecule has 0 fully saturated rings. The number of rotatable bonds is 7. The molecule has 0 aromatic heterocycles. The lowest BCUT2D eigenvalue weighted by Gasteiger charge is -2.22. The summed E-state index contributed by atoms with van der Waals surface area (Å²) in [7, 11) is 1.69. The van der Waals surface area contributed by atoms with Gasteiger partial charge in [-0.15, -0.1) is 0 Å². The van der Waals surface area contributed by atoms with Crippen LogP contribution in [0.2, 0.25) is 5.02 Å². The molecule has 18 heavy (non-hydrogen) atoms. The molecule has 0 amide bonds. The standard InChI is InChI=1S/C14H21BrClNO/c1-4-6-13(17-7-5-2)11-8-10(16)9-12(15)14(11)18-3/h8-9,13,17H,4-7H2,1-3H3. The second kappa shape index (κ2) is 8.03. The van der Waals surface area contributed by atoms with E-state index in [4.69, 9.17) is 16.3 Å². The van der Waals surface area contributed by atoms with Crippen LogP contribution < -0.4 is 10.1 Å². The lowest BCUT2D eigenvalue weighted by atomic mass is 10.0. The molecule has 1 unspecified atom stereocenters. The molecular weight excluding hydrogens is 314 g/mol. The highest BCUT2D eigenvalue weighted by Gasteiger charge is 2.17. The Bertz CT molecular complexity index is 384. The molecule has 1 atom stereocenters. The highest BCUT2D eigenvalue weighted by Crippen LogP contribution is 2.37. The van der Waals surface area contributed by atoms with E-state index in [0.717, 1.165) is 46.6 Å². The predicted octanol–water partition coefficient (Wildman–Crippen LogP) is 4.95. The predicted molar refractivity (Wildman–Crippen MR) is 81.6 cm³/mol. The Hall–Kier alpha value is -0.250. The van der Waals surface area contributed by atoms with Crippen molar-refractivity contribution < 1.29 is 4.74 Å². The summed E-state index contributed by atoms with van der Waals surface area (Å²) >= 11 is 9.65. The maximum Gasteiger partial charge on any atom is 0.137 e. The van der Waals surface area contributed by atoms with Gasteiger partial charge in [-0.3, -0.25) is 0 Å². The van der Waals surface area contributed by atoms with Gasteiger partial charge in [0.05, 0.1) is 11.6 Å². The molecule has 1 rings (SSSR count). The van der Waals surface area contributed by atoms with E-state index in [9.17, 15) is 0 Å². The first-order chi connectivity index (χ1) is 8.63. The van der Waals surface area contributed by atoms with Gasteiger partial charge >= 0.3 is 0 Å². The Labute approximate surface area is 123 Å². The van der Waals surface area contributed by atoms with Crippen LogP contribution in [0.25, 0.3) is 0 Å². The smallest absolute Gasteiger partial charge is 0.137 e. The van der Waals surface area contributed by atoms with Crippen LogP contribution in [0.15, 0.2) is 16.6 Å². The molecule has 0 saturated heterocycles. The summed E-state index contributed by atoms with van der Waals surface area (Å²) in [5, 5.41) is 4.29. The second-order valence-corrected chi connectivity index (χ2v) is 5.60. The van der Waals surface area contributed by atoms with Gasteiger partial charge in [0.15, 0.2) is 0 Å². The monoisotopic (exact) mass is 333 g/mol. The van der Waals surface area contributed by atoms with E-state index in [1.54, 1.807) is 7.11 Å². The van der Waals surface area contributed by atoms with Gasteiger partial charge in [-0.05, 0) is 47.4 Å². The Morgan fingerprint density at radius 1 is 1.33 bits per heavy atom. The molecule has 1 aromatic rings. The average molecular weight is 335 g/mol. The molecule has 102 valence electrons. The minimum absolute atomic E-state index is 0.292. The lowest BCUT2D eigenvalue weighted by Crippen LogP contribution is -2.22. The van der Waals surface area contributed by atoms with Crippen LogP contribution in [0, 0.1) is 0 Å². The summed E-state index contributed by atoms with van der Waals surface area (Å²) in [6, 6.07) is 4.15. The number of hydrogen-bond donors (Lipinski definition) is 1. The van der Waals surface area contributed by atoms with E-state index in [2.05, 4.69) is 35.1 Å². The summed E-state index contributed by atoms with van der Waals surface area (Å²) < 4.78 is 6.40. The molecule has 0 heterocycles. The summed E-state index contributed by atoms with van der Waals surface area (Å²) in [5.41, 5.74) is 1.13. The van der Waals surface area contributed by atoms with E-state index in [1.165, 1.54) is 0 Å². The van der Waals surface area contributed by atoms with Gasteiger partial charge in [0.2, 0.25) is 0 Å². The molecule has 0 aliphatic heterocycles. The maximum atomic E-state index is 6.14. The highest BCUT2D eigenvalue weighted by molar-refractivity contribution is 9.10. The van der Waals surface area contributed by atoms with Crippen molar-refractivity contribution in [2.75, 3.05) is 13.7 Å². The van der Waals surface area contributed by atoms with Gasteiger partial charge in [-0.2, -0.15) is 0 Å². The van der Waals surface area contributed by atoms with Gasteiger partial charge in [-0.25, -0.2) is 0 Å². The van der Waals surface area contributed by atoms with Gasteiger partial charge in [0.1, 0.15) is 5.75 Å². The topological polar surface area (TPSA) is 21.3 Å². The van der Waals surface area contributed by atoms with Crippen molar-refractivity contribution >= 4 is 27.5 Å². The second-order valence-electron chi connectivity index (χ2n) is 4.31. The van der Waals surface area contributed by atoms with Gasteiger partial charge in [0.25, 0.3) is 0 Å². The third-order valence-electron chi connectivity index (χ3n) is 2.83. The van der Waals surface area contributed by atoms with E-state index < -0.39 is 0 Å². The minimum atomic E-state index is 0.292. The van der Waals surface area contributed by atoms with Crippen molar-refractivity contribution in [3.05, 3.63) is 27.2 Å². The van der Waals surface area contributed by atoms with Crippen LogP contribution in [0.5, 0.6) is 5.75 Å². The molecule has 1 N–H and O–H groups in total. The molecule has 2 nitrogen and oxygen atoms in total. The van der Waals surface area contributed by atoms with Crippen LogP contribution in [-0.2, 0) is 0 Å². The van der Waals surface area contributed by atoms with E-state index in [1.807, 2.05) is 12.1 Å². The Morgan fingerprint density at radius 3 is 2.61 bits per heavy atom. The third-order valence-corrected chi connectivity index (χ3v) is 3.64. The van der Waals surface area contributed by atoms with Gasteiger partial charge in [0, 0.05) is 16.6 Å². The fourth-order valence-electron chi connectivity index (χ4n) is 2.03. The van der Waals surface area contributed by atoms with Crippen molar-refractivity contribution in [3.63, 3.8) is 0 Å². The summed E-state index contributed by atoms with van der Waals surface area (Å²) in [4.78, 5) is 0. The zero-order valence-corrected chi connectivity index (χ0v) is 13.6. The SMILES string of the molecule is CCCNC(CCC)c1cc(Cl)cc(Br)c1OC. The zero-order valence-electron chi connectivity index (χ0n) is 11.2. The van der Waals surface area contributed by atoms with E-state index in [-0.39, 0.29) is 0 Å². The molecule has 0 saturated carbocycles. The first-order valence-corrected chi connectivity index (χ1v) is 7.57. The van der Waals surface area contributed by atoms with Crippen LogP contribution in [-0.4, -0.2) is 13.7 Å². The molecular formula is C14H21BrClNO. The number of nitrogens with one attached hydrogen (secondary N) is 1. The van der Waals surface area contributed by atoms with E-state index in [0.29, 0.717) is 6.04 Å². The maximum absolute atomic E-state index is 6.14. The number of benzene rings is 1. The van der Waals surface area contributed by atoms with Crippen LogP contribution in [0.1, 0.15) is 44.7 Å². The van der Waals surface area contributed by atoms with Gasteiger partial charge in [-0.1, -0.05) is 31.9 Å². The number of hydrogen-bond acceptors (Lipinski definition) is 2. The summed E-state index contributed by atoms with van der Waals surface area (Å²) in [6.45, 7) is 5.35. The molecule has 0 spiro atoms. The Morgan fingerprint density at radius 2 is 2.06 bits per heavy atom. The van der Waals surface area contributed by atoms with Crippen LogP contribution >= 0.6 is 27.5 Å². The first-order valence-electron chi connectivity index (χ1n) is 6.40. The molecule has 0 bridgehead atoms. The van der Waals surface area contributed by atoms with E-state index >= 15 is 0 Å². The number of methoxy groups -OCH3 is 1. The Balaban J connectivity index is 3.08. The molecule has 4 heteroatoms. The largest absolute Gasteiger partial charge is 0.495 e. The quantitative estimate of drug-likeness (QED) is 0.761. The highest BCUT2D eigenvalue weighted by atomic mass is 79.9. The minimum Gasteiger partial charge on any atom is -0.495 e. The van der Waals surface area contributed by atoms with Crippen molar-refractivity contribution in [1.82, 2.24) is 5.32 Å². The fraction of sp³-hybridized carbons (Fsp3) is 0.571. The molecule has 0 aliphatic rings. The molecule has 1 aromatic carbocycles. The molecule has 0 radical (unpaired) electrons. The van der Waals surface area contributed by atoms with Crippen molar-refractivity contribution in [2.24, 2.45) is 0 Å². The summed E-state index contributed by atoms with van der Waals surface area (Å²) in [5.74, 6) is 0.876. The molecule has 0 aliphatic carbocycles. The van der Waals surface area contributed by atoms with Crippen molar-refractivity contribution in [2.45, 2.75) is 39.2 Å². The lowest BCUT2D eigenvalue weighted by molar-refractivity contribution is 0.391. The first kappa shape index (κ1) is 15.8. The zero-order chi connectivity index (χ0) is 13.5. The summed E-state index contributed by atoms with van der Waals surface area (Å²) in [6.07, 6.45) is 3.31. The number of halogens is 2. The average Bonchev–Trinajstić information content (AvgIpc) is 2.33. The fourth-order valence-corrected chi connectivity index (χ4v) is 3.03. The van der Waals surface area contributed by atoms with Crippen LogP contribution in [0.3, 0.4) is 0 Å². The van der Waals surface area contributed by atoms with Crippen LogP contribution in [0.4, 0.5) is 0 Å².